The molecule has 192 valence electrons. The molecular weight excluding hydrogens is 477 g/mol. The summed E-state index contributed by atoms with van der Waals surface area (Å²) in [6.45, 7) is 5.60. The molecule has 35 heavy (non-hydrogen) atoms. The number of aromatic nitrogens is 2. The fourth-order valence-electron chi connectivity index (χ4n) is 3.26. The monoisotopic (exact) mass is 509 g/mol. The van der Waals surface area contributed by atoms with Gasteiger partial charge in [-0.1, -0.05) is 26.0 Å². The standard InChI is InChI=1S/C24H32FN3O6S/c1-6-34-21(31)14-19(30)13-18(29)11-12-20-22(15(2)3)26-24(28(4)35(5,32)33)27-23(20)16-7-9-17(25)10-8-16/h7-12,15,18-19,29-30H,6,13-14H2,1-5H3/b12-11+/t18-,19-/m1/s1. The second-order valence-electron chi connectivity index (χ2n) is 8.39. The number of nitrogens with zero attached hydrogens (tertiary/aromatic N) is 3. The Kier molecular flexibility index (Phi) is 9.87. The first-order valence-electron chi connectivity index (χ1n) is 11.1. The average molecular weight is 510 g/mol. The molecule has 0 amide bonds. The van der Waals surface area contributed by atoms with Gasteiger partial charge in [0, 0.05) is 24.6 Å². The Balaban J connectivity index is 2.51. The van der Waals surface area contributed by atoms with Gasteiger partial charge in [-0.3, -0.25) is 4.79 Å². The Morgan fingerprint density at radius 3 is 2.37 bits per heavy atom. The summed E-state index contributed by atoms with van der Waals surface area (Å²) in [5.41, 5.74) is 1.90. The lowest BCUT2D eigenvalue weighted by molar-refractivity contribution is -0.145. The van der Waals surface area contributed by atoms with Crippen LogP contribution in [0, 0.1) is 5.82 Å². The summed E-state index contributed by atoms with van der Waals surface area (Å²) in [7, 11) is -2.30. The van der Waals surface area contributed by atoms with Crippen LogP contribution < -0.4 is 4.31 Å². The van der Waals surface area contributed by atoms with Crippen LogP contribution in [0.15, 0.2) is 30.3 Å². The highest BCUT2D eigenvalue weighted by Crippen LogP contribution is 2.31. The van der Waals surface area contributed by atoms with Gasteiger partial charge in [0.2, 0.25) is 16.0 Å². The highest BCUT2D eigenvalue weighted by Gasteiger charge is 2.22. The molecule has 0 saturated heterocycles. The van der Waals surface area contributed by atoms with Gasteiger partial charge in [0.1, 0.15) is 5.82 Å². The molecular formula is C24H32FN3O6S. The van der Waals surface area contributed by atoms with Gasteiger partial charge in [-0.25, -0.2) is 27.1 Å². The minimum absolute atomic E-state index is 0.0434. The molecule has 0 unspecified atom stereocenters. The molecule has 0 aliphatic rings. The fraction of sp³-hybridized carbons (Fsp3) is 0.458. The van der Waals surface area contributed by atoms with Crippen LogP contribution in [-0.2, 0) is 19.6 Å². The normalized spacial score (nSPS) is 13.7. The van der Waals surface area contributed by atoms with Crippen molar-refractivity contribution in [1.29, 1.82) is 0 Å². The summed E-state index contributed by atoms with van der Waals surface area (Å²) in [6, 6.07) is 5.56. The highest BCUT2D eigenvalue weighted by molar-refractivity contribution is 7.92. The number of aliphatic hydroxyl groups excluding tert-OH is 2. The zero-order valence-corrected chi connectivity index (χ0v) is 21.3. The molecule has 11 heteroatoms. The Bertz CT molecular complexity index is 1150. The van der Waals surface area contributed by atoms with Crippen molar-refractivity contribution in [2.75, 3.05) is 24.2 Å². The number of benzene rings is 1. The maximum atomic E-state index is 13.6. The number of esters is 1. The van der Waals surface area contributed by atoms with E-state index >= 15 is 0 Å². The summed E-state index contributed by atoms with van der Waals surface area (Å²) in [5, 5.41) is 20.5. The number of carbonyl (C=O) groups excluding carboxylic acids is 1. The molecule has 0 radical (unpaired) electrons. The van der Waals surface area contributed by atoms with Crippen molar-refractivity contribution < 1.29 is 32.6 Å². The lowest BCUT2D eigenvalue weighted by Crippen LogP contribution is -2.27. The maximum Gasteiger partial charge on any atom is 0.308 e. The van der Waals surface area contributed by atoms with Crippen LogP contribution in [0.3, 0.4) is 0 Å². The zero-order valence-electron chi connectivity index (χ0n) is 20.5. The predicted molar refractivity (Wildman–Crippen MR) is 132 cm³/mol. The summed E-state index contributed by atoms with van der Waals surface area (Å²) in [5.74, 6) is -1.20. The average Bonchev–Trinajstić information content (AvgIpc) is 2.76. The SMILES string of the molecule is CCOC(=O)C[C@H](O)C[C@H](O)/C=C/c1c(-c2ccc(F)cc2)nc(N(C)S(C)(=O)=O)nc1C(C)C. The number of hydrogen-bond donors (Lipinski definition) is 2. The van der Waals surface area contributed by atoms with E-state index in [2.05, 4.69) is 9.97 Å². The minimum Gasteiger partial charge on any atom is -0.466 e. The highest BCUT2D eigenvalue weighted by atomic mass is 32.2. The molecule has 9 nitrogen and oxygen atoms in total. The van der Waals surface area contributed by atoms with Crippen molar-refractivity contribution >= 4 is 28.0 Å². The van der Waals surface area contributed by atoms with E-state index in [0.717, 1.165) is 10.6 Å². The second-order valence-corrected chi connectivity index (χ2v) is 10.4. The lowest BCUT2D eigenvalue weighted by atomic mass is 9.97. The Hall–Kier alpha value is -2.89. The van der Waals surface area contributed by atoms with Crippen molar-refractivity contribution in [2.24, 2.45) is 0 Å². The topological polar surface area (TPSA) is 130 Å². The number of sulfonamides is 1. The number of rotatable bonds is 11. The molecule has 0 spiro atoms. The second kappa shape index (κ2) is 12.2. The number of aliphatic hydroxyl groups is 2. The molecule has 0 fully saturated rings. The molecule has 2 rings (SSSR count). The third kappa shape index (κ3) is 8.08. The molecule has 2 atom stereocenters. The van der Waals surface area contributed by atoms with Crippen LogP contribution in [0.5, 0.6) is 0 Å². The number of anilines is 1. The predicted octanol–water partition coefficient (Wildman–Crippen LogP) is 2.88. The van der Waals surface area contributed by atoms with E-state index < -0.39 is 34.0 Å². The smallest absolute Gasteiger partial charge is 0.308 e. The lowest BCUT2D eigenvalue weighted by Gasteiger charge is -2.20. The molecule has 0 bridgehead atoms. The van der Waals surface area contributed by atoms with Gasteiger partial charge in [0.15, 0.2) is 0 Å². The first-order valence-corrected chi connectivity index (χ1v) is 13.0. The van der Waals surface area contributed by atoms with E-state index in [0.29, 0.717) is 22.5 Å². The molecule has 1 aromatic carbocycles. The van der Waals surface area contributed by atoms with Crippen LogP contribution in [0.25, 0.3) is 17.3 Å². The van der Waals surface area contributed by atoms with Crippen LogP contribution in [-0.4, -0.2) is 66.7 Å². The number of hydrogen-bond acceptors (Lipinski definition) is 8. The first-order chi connectivity index (χ1) is 16.3. The van der Waals surface area contributed by atoms with Gasteiger partial charge in [-0.15, -0.1) is 0 Å². The van der Waals surface area contributed by atoms with Crippen LogP contribution in [0.2, 0.25) is 0 Å². The van der Waals surface area contributed by atoms with E-state index in [1.165, 1.54) is 37.4 Å². The molecule has 2 aromatic rings. The van der Waals surface area contributed by atoms with E-state index in [1.54, 1.807) is 13.0 Å². The van der Waals surface area contributed by atoms with Crippen molar-refractivity contribution in [3.8, 4) is 11.3 Å². The quantitative estimate of drug-likeness (QED) is 0.442. The van der Waals surface area contributed by atoms with Crippen LogP contribution in [0.4, 0.5) is 10.3 Å². The summed E-state index contributed by atoms with van der Waals surface area (Å²) >= 11 is 0. The Morgan fingerprint density at radius 1 is 1.20 bits per heavy atom. The third-order valence-electron chi connectivity index (χ3n) is 5.11. The van der Waals surface area contributed by atoms with E-state index in [1.807, 2.05) is 13.8 Å². The van der Waals surface area contributed by atoms with Gasteiger partial charge >= 0.3 is 5.97 Å². The van der Waals surface area contributed by atoms with E-state index in [4.69, 9.17) is 4.74 Å². The van der Waals surface area contributed by atoms with Crippen LogP contribution in [0.1, 0.15) is 50.8 Å². The Morgan fingerprint density at radius 2 is 1.83 bits per heavy atom. The van der Waals surface area contributed by atoms with Crippen molar-refractivity contribution in [3.63, 3.8) is 0 Å². The zero-order chi connectivity index (χ0) is 26.3. The molecule has 0 saturated carbocycles. The minimum atomic E-state index is -3.65. The van der Waals surface area contributed by atoms with E-state index in [-0.39, 0.29) is 31.3 Å². The Labute approximate surface area is 205 Å². The van der Waals surface area contributed by atoms with Gasteiger partial charge < -0.3 is 14.9 Å². The van der Waals surface area contributed by atoms with E-state index in [9.17, 15) is 27.8 Å². The van der Waals surface area contributed by atoms with Gasteiger partial charge in [0.25, 0.3) is 0 Å². The fourth-order valence-corrected chi connectivity index (χ4v) is 3.63. The van der Waals surface area contributed by atoms with Crippen LogP contribution >= 0.6 is 0 Å². The van der Waals surface area contributed by atoms with Crippen molar-refractivity contribution in [1.82, 2.24) is 9.97 Å². The molecule has 0 aliphatic heterocycles. The first kappa shape index (κ1) is 28.3. The molecule has 1 heterocycles. The molecule has 0 aliphatic carbocycles. The maximum absolute atomic E-state index is 13.6. The summed E-state index contributed by atoms with van der Waals surface area (Å²) in [4.78, 5) is 20.5. The molecule has 1 aromatic heterocycles. The van der Waals surface area contributed by atoms with Gasteiger partial charge in [-0.05, 0) is 37.1 Å². The molecule has 2 N–H and O–H groups in total. The van der Waals surface area contributed by atoms with Crippen molar-refractivity contribution in [2.45, 2.75) is 51.7 Å². The number of carbonyl (C=O) groups is 1. The third-order valence-corrected chi connectivity index (χ3v) is 6.27. The summed E-state index contributed by atoms with van der Waals surface area (Å²) < 4.78 is 43.6. The van der Waals surface area contributed by atoms with Gasteiger partial charge in [-0.2, -0.15) is 0 Å². The summed E-state index contributed by atoms with van der Waals surface area (Å²) in [6.07, 6.45) is 1.51. The number of halogens is 1. The van der Waals surface area contributed by atoms with Crippen molar-refractivity contribution in [3.05, 3.63) is 47.4 Å². The largest absolute Gasteiger partial charge is 0.466 e. The number of ether oxygens (including phenoxy) is 1. The van der Waals surface area contributed by atoms with Gasteiger partial charge in [0.05, 0.1) is 42.9 Å².